The summed E-state index contributed by atoms with van der Waals surface area (Å²) < 4.78 is 41.7. The molecule has 0 saturated carbocycles. The first-order chi connectivity index (χ1) is 16.3. The molecule has 1 unspecified atom stereocenters. The third kappa shape index (κ3) is 5.43. The van der Waals surface area contributed by atoms with Crippen LogP contribution in [0.15, 0.2) is 89.5 Å². The van der Waals surface area contributed by atoms with Crippen molar-refractivity contribution in [2.24, 2.45) is 0 Å². The molecule has 1 N–H and O–H groups in total. The van der Waals surface area contributed by atoms with Crippen molar-refractivity contribution in [1.29, 1.82) is 0 Å². The SMILES string of the molecule is CN(CCC(Oc1ccc(C(F)(F)c2ccc3occc3c2)cc1)c1ccccc1)CC(=O)O. The Balaban J connectivity index is 1.50. The van der Waals surface area contributed by atoms with E-state index >= 15 is 8.78 Å². The van der Waals surface area contributed by atoms with Gasteiger partial charge in [-0.1, -0.05) is 30.3 Å². The number of alkyl halides is 2. The van der Waals surface area contributed by atoms with Crippen molar-refractivity contribution in [3.8, 4) is 5.75 Å². The number of aliphatic carboxylic acids is 1. The number of hydrogen-bond acceptors (Lipinski definition) is 4. The lowest BCUT2D eigenvalue weighted by atomic mass is 9.99. The molecule has 176 valence electrons. The summed E-state index contributed by atoms with van der Waals surface area (Å²) in [6.45, 7) is 0.425. The van der Waals surface area contributed by atoms with Crippen LogP contribution in [0.5, 0.6) is 5.75 Å². The van der Waals surface area contributed by atoms with Crippen LogP contribution in [0, 0.1) is 0 Å². The molecule has 0 radical (unpaired) electrons. The zero-order chi connectivity index (χ0) is 24.1. The molecule has 7 heteroatoms. The molecular formula is C27H25F2NO4. The van der Waals surface area contributed by atoms with Crippen molar-refractivity contribution in [2.75, 3.05) is 20.1 Å². The molecule has 1 aromatic heterocycles. The van der Waals surface area contributed by atoms with Gasteiger partial charge >= 0.3 is 5.97 Å². The minimum Gasteiger partial charge on any atom is -0.486 e. The van der Waals surface area contributed by atoms with E-state index < -0.39 is 11.9 Å². The molecule has 34 heavy (non-hydrogen) atoms. The number of fused-ring (bicyclic) bond motifs is 1. The Hall–Kier alpha value is -3.71. The number of carboxylic acid groups (broad SMARTS) is 1. The van der Waals surface area contributed by atoms with E-state index in [1.54, 1.807) is 24.1 Å². The molecule has 3 aromatic carbocycles. The van der Waals surface area contributed by atoms with Crippen LogP contribution in [0.4, 0.5) is 8.78 Å². The molecule has 4 rings (SSSR count). The molecule has 0 aliphatic carbocycles. The van der Waals surface area contributed by atoms with Crippen molar-refractivity contribution < 1.29 is 27.8 Å². The van der Waals surface area contributed by atoms with Gasteiger partial charge < -0.3 is 14.3 Å². The highest BCUT2D eigenvalue weighted by Crippen LogP contribution is 2.38. The van der Waals surface area contributed by atoms with E-state index in [9.17, 15) is 4.79 Å². The van der Waals surface area contributed by atoms with Crippen LogP contribution in [-0.4, -0.2) is 36.1 Å². The van der Waals surface area contributed by atoms with Gasteiger partial charge in [-0.25, -0.2) is 0 Å². The number of halogens is 2. The highest BCUT2D eigenvalue weighted by molar-refractivity contribution is 5.78. The maximum Gasteiger partial charge on any atom is 0.317 e. The lowest BCUT2D eigenvalue weighted by Gasteiger charge is -2.23. The Kier molecular flexibility index (Phi) is 6.93. The molecule has 0 fully saturated rings. The predicted octanol–water partition coefficient (Wildman–Crippen LogP) is 6.10. The average Bonchev–Trinajstić information content (AvgIpc) is 3.30. The fraction of sp³-hybridized carbons (Fsp3) is 0.222. The van der Waals surface area contributed by atoms with Gasteiger partial charge in [-0.2, -0.15) is 8.78 Å². The summed E-state index contributed by atoms with van der Waals surface area (Å²) in [5.41, 5.74) is 1.23. The van der Waals surface area contributed by atoms with Crippen LogP contribution in [-0.2, 0) is 10.7 Å². The van der Waals surface area contributed by atoms with Crippen LogP contribution >= 0.6 is 0 Å². The van der Waals surface area contributed by atoms with Crippen molar-refractivity contribution in [2.45, 2.75) is 18.4 Å². The molecule has 5 nitrogen and oxygen atoms in total. The lowest BCUT2D eigenvalue weighted by molar-refractivity contribution is -0.138. The molecule has 0 bridgehead atoms. The van der Waals surface area contributed by atoms with Gasteiger partial charge in [-0.15, -0.1) is 0 Å². The van der Waals surface area contributed by atoms with Gasteiger partial charge in [-0.3, -0.25) is 9.69 Å². The second-order valence-corrected chi connectivity index (χ2v) is 8.21. The summed E-state index contributed by atoms with van der Waals surface area (Å²) in [5.74, 6) is -3.62. The Morgan fingerprint density at radius 2 is 1.74 bits per heavy atom. The zero-order valence-electron chi connectivity index (χ0n) is 18.7. The van der Waals surface area contributed by atoms with Crippen LogP contribution in [0.1, 0.15) is 29.2 Å². The van der Waals surface area contributed by atoms with Crippen molar-refractivity contribution in [3.05, 3.63) is 102 Å². The fourth-order valence-electron chi connectivity index (χ4n) is 3.84. The zero-order valence-corrected chi connectivity index (χ0v) is 18.7. The minimum atomic E-state index is -3.18. The van der Waals surface area contributed by atoms with Crippen LogP contribution in [0.25, 0.3) is 11.0 Å². The molecule has 0 spiro atoms. The lowest BCUT2D eigenvalue weighted by Crippen LogP contribution is -2.28. The van der Waals surface area contributed by atoms with Crippen LogP contribution < -0.4 is 4.74 Å². The number of rotatable bonds is 10. The third-order valence-corrected chi connectivity index (χ3v) is 5.66. The van der Waals surface area contributed by atoms with Gasteiger partial charge in [0.1, 0.15) is 17.4 Å². The number of hydrogen-bond donors (Lipinski definition) is 1. The number of benzene rings is 3. The summed E-state index contributed by atoms with van der Waals surface area (Å²) in [4.78, 5) is 12.6. The number of carbonyl (C=O) groups is 1. The summed E-state index contributed by atoms with van der Waals surface area (Å²) in [6.07, 6.45) is 1.66. The quantitative estimate of drug-likeness (QED) is 0.307. The Morgan fingerprint density at radius 3 is 2.44 bits per heavy atom. The smallest absolute Gasteiger partial charge is 0.317 e. The highest BCUT2D eigenvalue weighted by Gasteiger charge is 2.34. The molecule has 1 atom stereocenters. The minimum absolute atomic E-state index is 0.0735. The molecule has 4 aromatic rings. The summed E-state index contributed by atoms with van der Waals surface area (Å²) in [6, 6.07) is 21.4. The fourth-order valence-corrected chi connectivity index (χ4v) is 3.84. The standard InChI is InChI=1S/C27H25F2NO4/c1-30(18-26(31)32)15-13-25(19-5-3-2-4-6-19)34-23-10-7-21(8-11-23)27(28,29)22-9-12-24-20(17-22)14-16-33-24/h2-12,14,16-17,25H,13,15,18H2,1H3,(H,31,32). The van der Waals surface area contributed by atoms with Gasteiger partial charge in [0.05, 0.1) is 12.8 Å². The molecule has 0 aliphatic rings. The van der Waals surface area contributed by atoms with E-state index in [1.165, 1.54) is 42.7 Å². The van der Waals surface area contributed by atoms with Gasteiger partial charge in [0.2, 0.25) is 0 Å². The van der Waals surface area contributed by atoms with Gasteiger partial charge in [0.25, 0.3) is 5.92 Å². The van der Waals surface area contributed by atoms with Crippen molar-refractivity contribution in [1.82, 2.24) is 4.90 Å². The number of likely N-dealkylation sites (N-methyl/N-ethyl adjacent to an activating group) is 1. The normalized spacial score (nSPS) is 12.7. The van der Waals surface area contributed by atoms with E-state index in [2.05, 4.69) is 0 Å². The molecular weight excluding hydrogens is 440 g/mol. The van der Waals surface area contributed by atoms with Crippen LogP contribution in [0.3, 0.4) is 0 Å². The second kappa shape index (κ2) is 10.1. The molecule has 0 saturated heterocycles. The van der Waals surface area contributed by atoms with E-state index in [4.69, 9.17) is 14.3 Å². The van der Waals surface area contributed by atoms with Crippen molar-refractivity contribution in [3.63, 3.8) is 0 Å². The van der Waals surface area contributed by atoms with Gasteiger partial charge in [0, 0.05) is 29.5 Å². The van der Waals surface area contributed by atoms with E-state index in [1.807, 2.05) is 30.3 Å². The summed E-state index contributed by atoms with van der Waals surface area (Å²) >= 11 is 0. The summed E-state index contributed by atoms with van der Waals surface area (Å²) in [7, 11) is 1.73. The highest BCUT2D eigenvalue weighted by atomic mass is 19.3. The number of carboxylic acids is 1. The predicted molar refractivity (Wildman–Crippen MR) is 125 cm³/mol. The van der Waals surface area contributed by atoms with Crippen molar-refractivity contribution >= 4 is 16.9 Å². The first kappa shape index (κ1) is 23.4. The molecule has 1 heterocycles. The largest absolute Gasteiger partial charge is 0.486 e. The maximum absolute atomic E-state index is 15.2. The molecule has 0 aliphatic heterocycles. The first-order valence-electron chi connectivity index (χ1n) is 10.9. The number of ether oxygens (including phenoxy) is 1. The summed E-state index contributed by atoms with van der Waals surface area (Å²) in [5, 5.41) is 9.60. The average molecular weight is 465 g/mol. The third-order valence-electron chi connectivity index (χ3n) is 5.66. The second-order valence-electron chi connectivity index (χ2n) is 8.21. The number of nitrogens with zero attached hydrogens (tertiary/aromatic N) is 1. The van der Waals surface area contributed by atoms with E-state index in [0.29, 0.717) is 29.7 Å². The van der Waals surface area contributed by atoms with Gasteiger partial charge in [-0.05, 0) is 61.1 Å². The van der Waals surface area contributed by atoms with E-state index in [0.717, 1.165) is 5.56 Å². The van der Waals surface area contributed by atoms with Crippen LogP contribution in [0.2, 0.25) is 0 Å². The van der Waals surface area contributed by atoms with Gasteiger partial charge in [0.15, 0.2) is 0 Å². The topological polar surface area (TPSA) is 62.9 Å². The Morgan fingerprint density at radius 1 is 1.03 bits per heavy atom. The monoisotopic (exact) mass is 465 g/mol. The Bertz CT molecular complexity index is 1240. The van der Waals surface area contributed by atoms with E-state index in [-0.39, 0.29) is 23.8 Å². The first-order valence-corrected chi connectivity index (χ1v) is 10.9. The Labute approximate surface area is 196 Å². The number of furan rings is 1. The molecule has 0 amide bonds. The maximum atomic E-state index is 15.2.